The van der Waals surface area contributed by atoms with E-state index in [4.69, 9.17) is 4.74 Å². The number of nitrogens with zero attached hydrogens (tertiary/aromatic N) is 1. The van der Waals surface area contributed by atoms with Crippen LogP contribution in [0, 0.1) is 25.7 Å². The average molecular weight is 437 g/mol. The van der Waals surface area contributed by atoms with Gasteiger partial charge in [-0.05, 0) is 30.5 Å². The summed E-state index contributed by atoms with van der Waals surface area (Å²) in [5, 5.41) is 19.3. The van der Waals surface area contributed by atoms with Crippen LogP contribution in [0.15, 0.2) is 55.1 Å². The highest BCUT2D eigenvalue weighted by atomic mass is 16.6. The Morgan fingerprint density at radius 3 is 2.25 bits per heavy atom. The van der Waals surface area contributed by atoms with E-state index in [9.17, 15) is 24.6 Å². The lowest BCUT2D eigenvalue weighted by Crippen LogP contribution is -2.44. The lowest BCUT2D eigenvalue weighted by molar-refractivity contribution is -0.144. The molecule has 0 spiro atoms. The van der Waals surface area contributed by atoms with Crippen molar-refractivity contribution in [3.05, 3.63) is 77.4 Å². The van der Waals surface area contributed by atoms with E-state index in [1.165, 1.54) is 0 Å². The number of hydrogen-bond acceptors (Lipinski definition) is 4. The minimum atomic E-state index is -1.32. The number of rotatable bonds is 7. The van der Waals surface area contributed by atoms with Crippen LogP contribution in [-0.2, 0) is 20.9 Å². The second-order valence-corrected chi connectivity index (χ2v) is 8.25. The quantitative estimate of drug-likeness (QED) is 0.675. The number of aliphatic carboxylic acids is 2. The fourth-order valence-corrected chi connectivity index (χ4v) is 4.42. The first-order valence-electron chi connectivity index (χ1n) is 10.4. The molecule has 0 saturated carbocycles. The van der Waals surface area contributed by atoms with Crippen LogP contribution >= 0.6 is 0 Å². The molecule has 0 unspecified atom stereocenters. The van der Waals surface area contributed by atoms with E-state index in [2.05, 4.69) is 6.58 Å². The molecule has 1 amide bonds. The van der Waals surface area contributed by atoms with Crippen LogP contribution in [0.3, 0.4) is 0 Å². The minimum Gasteiger partial charge on any atom is -0.481 e. The maximum atomic E-state index is 12.8. The van der Waals surface area contributed by atoms with Crippen molar-refractivity contribution in [2.24, 2.45) is 11.8 Å². The zero-order chi connectivity index (χ0) is 23.4. The Bertz CT molecular complexity index is 1010. The minimum absolute atomic E-state index is 0.00516. The van der Waals surface area contributed by atoms with Crippen molar-refractivity contribution in [3.8, 4) is 0 Å². The number of carboxylic acid groups (broad SMARTS) is 2. The van der Waals surface area contributed by atoms with E-state index in [1.54, 1.807) is 12.1 Å². The van der Waals surface area contributed by atoms with Crippen molar-refractivity contribution in [2.75, 3.05) is 6.54 Å². The number of benzene rings is 2. The van der Waals surface area contributed by atoms with Crippen LogP contribution in [0.25, 0.3) is 5.57 Å². The molecule has 0 radical (unpaired) electrons. The molecule has 7 nitrogen and oxygen atoms in total. The number of likely N-dealkylation sites (tertiary alicyclic amines) is 1. The Balaban J connectivity index is 1.89. The summed E-state index contributed by atoms with van der Waals surface area (Å²) in [5.41, 5.74) is 4.23. The molecule has 0 bridgehead atoms. The summed E-state index contributed by atoms with van der Waals surface area (Å²) in [6, 6.07) is 13.6. The van der Waals surface area contributed by atoms with Gasteiger partial charge >= 0.3 is 18.0 Å². The average Bonchev–Trinajstić information content (AvgIpc) is 3.10. The van der Waals surface area contributed by atoms with Crippen molar-refractivity contribution < 1.29 is 29.3 Å². The Labute approximate surface area is 186 Å². The third kappa shape index (κ3) is 5.17. The summed E-state index contributed by atoms with van der Waals surface area (Å²) >= 11 is 0. The highest BCUT2D eigenvalue weighted by Gasteiger charge is 2.50. The molecule has 32 heavy (non-hydrogen) atoms. The molecular formula is C25H27NO6. The normalized spacial score (nSPS) is 20.1. The summed E-state index contributed by atoms with van der Waals surface area (Å²) < 4.78 is 5.36. The van der Waals surface area contributed by atoms with Crippen molar-refractivity contribution in [2.45, 2.75) is 32.9 Å². The molecule has 2 N–H and O–H groups in total. The molecule has 2 aromatic rings. The third-order valence-corrected chi connectivity index (χ3v) is 5.79. The molecular weight excluding hydrogens is 410 g/mol. The number of carbonyl (C=O) groups is 3. The van der Waals surface area contributed by atoms with Crippen molar-refractivity contribution >= 4 is 23.6 Å². The molecule has 0 aromatic heterocycles. The first kappa shape index (κ1) is 23.1. The molecule has 3 atom stereocenters. The van der Waals surface area contributed by atoms with Crippen LogP contribution in [0.5, 0.6) is 0 Å². The van der Waals surface area contributed by atoms with Crippen molar-refractivity contribution in [3.63, 3.8) is 0 Å². The number of carboxylic acids is 2. The van der Waals surface area contributed by atoms with Gasteiger partial charge in [-0.25, -0.2) is 9.59 Å². The van der Waals surface area contributed by atoms with E-state index in [1.807, 2.05) is 50.2 Å². The Morgan fingerprint density at radius 1 is 1.06 bits per heavy atom. The van der Waals surface area contributed by atoms with Crippen molar-refractivity contribution in [1.29, 1.82) is 0 Å². The Morgan fingerprint density at radius 2 is 1.69 bits per heavy atom. The summed E-state index contributed by atoms with van der Waals surface area (Å²) in [7, 11) is 0. The number of amides is 1. The van der Waals surface area contributed by atoms with Crippen molar-refractivity contribution in [1.82, 2.24) is 4.90 Å². The fraction of sp³-hybridized carbons (Fsp3) is 0.320. The topological polar surface area (TPSA) is 104 Å². The smallest absolute Gasteiger partial charge is 0.410 e. The van der Waals surface area contributed by atoms with Gasteiger partial charge in [0, 0.05) is 18.4 Å². The molecule has 7 heteroatoms. The third-order valence-electron chi connectivity index (χ3n) is 5.79. The molecule has 168 valence electrons. The van der Waals surface area contributed by atoms with Gasteiger partial charge in [0.2, 0.25) is 0 Å². The fourth-order valence-electron chi connectivity index (χ4n) is 4.42. The first-order chi connectivity index (χ1) is 15.2. The van der Waals surface area contributed by atoms with Gasteiger partial charge in [0.1, 0.15) is 12.6 Å². The molecule has 1 aliphatic heterocycles. The van der Waals surface area contributed by atoms with Gasteiger partial charge in [0.05, 0.1) is 6.42 Å². The van der Waals surface area contributed by atoms with E-state index < -0.39 is 42.3 Å². The highest BCUT2D eigenvalue weighted by molar-refractivity contribution is 5.84. The van der Waals surface area contributed by atoms with Crippen LogP contribution in [0.4, 0.5) is 4.79 Å². The van der Waals surface area contributed by atoms with Crippen LogP contribution in [-0.4, -0.2) is 45.7 Å². The maximum absolute atomic E-state index is 12.8. The summed E-state index contributed by atoms with van der Waals surface area (Å²) in [4.78, 5) is 37.7. The van der Waals surface area contributed by atoms with E-state index in [0.29, 0.717) is 5.57 Å². The maximum Gasteiger partial charge on any atom is 0.410 e. The Hall–Kier alpha value is -3.61. The molecule has 3 rings (SSSR count). The molecule has 1 saturated heterocycles. The molecule has 0 aliphatic carbocycles. The van der Waals surface area contributed by atoms with E-state index in [0.717, 1.165) is 27.2 Å². The van der Waals surface area contributed by atoms with Gasteiger partial charge < -0.3 is 14.9 Å². The predicted octanol–water partition coefficient (Wildman–Crippen LogP) is 4.13. The summed E-state index contributed by atoms with van der Waals surface area (Å²) in [6.45, 7) is 8.07. The van der Waals surface area contributed by atoms with Gasteiger partial charge in [-0.1, -0.05) is 66.2 Å². The predicted molar refractivity (Wildman–Crippen MR) is 119 cm³/mol. The SMILES string of the molecule is C=C(c1cc(C)cc(C)c1)[C@H]1CN(C(=O)OCc2ccccc2)[C@H](C(=O)O)[C@H]1CC(=O)O. The summed E-state index contributed by atoms with van der Waals surface area (Å²) in [5.74, 6) is -3.75. The molecule has 1 fully saturated rings. The lowest BCUT2D eigenvalue weighted by atomic mass is 9.80. The number of carbonyl (C=O) groups excluding carboxylic acids is 1. The molecule has 1 aliphatic rings. The van der Waals surface area contributed by atoms with Gasteiger partial charge in [-0.15, -0.1) is 0 Å². The monoisotopic (exact) mass is 437 g/mol. The number of ether oxygens (including phenoxy) is 1. The number of hydrogen-bond donors (Lipinski definition) is 2. The van der Waals surface area contributed by atoms with Crippen LogP contribution < -0.4 is 0 Å². The van der Waals surface area contributed by atoms with E-state index in [-0.39, 0.29) is 13.2 Å². The molecule has 2 aromatic carbocycles. The molecule has 1 heterocycles. The second kappa shape index (κ2) is 9.68. The van der Waals surface area contributed by atoms with E-state index >= 15 is 0 Å². The first-order valence-corrected chi connectivity index (χ1v) is 10.4. The summed E-state index contributed by atoms with van der Waals surface area (Å²) in [6.07, 6.45) is -1.18. The zero-order valence-corrected chi connectivity index (χ0v) is 18.2. The van der Waals surface area contributed by atoms with Crippen LogP contribution in [0.1, 0.15) is 28.7 Å². The largest absolute Gasteiger partial charge is 0.481 e. The van der Waals surface area contributed by atoms with Gasteiger partial charge in [-0.2, -0.15) is 0 Å². The standard InChI is InChI=1S/C25H27NO6/c1-15-9-16(2)11-19(10-15)17(3)21-13-26(23(24(29)30)20(21)12-22(27)28)25(31)32-14-18-7-5-4-6-8-18/h4-11,20-21,23H,3,12-14H2,1-2H3,(H,27,28)(H,29,30)/t20-,21+,23-/m0/s1. The Kier molecular flexibility index (Phi) is 6.98. The van der Waals surface area contributed by atoms with Crippen LogP contribution in [0.2, 0.25) is 0 Å². The van der Waals surface area contributed by atoms with Gasteiger partial charge in [0.15, 0.2) is 0 Å². The highest BCUT2D eigenvalue weighted by Crippen LogP contribution is 2.41. The lowest BCUT2D eigenvalue weighted by Gasteiger charge is -2.24. The number of aryl methyl sites for hydroxylation is 2. The zero-order valence-electron chi connectivity index (χ0n) is 18.2. The van der Waals surface area contributed by atoms with Gasteiger partial charge in [-0.3, -0.25) is 9.69 Å². The van der Waals surface area contributed by atoms with Gasteiger partial charge in [0.25, 0.3) is 0 Å². The second-order valence-electron chi connectivity index (χ2n) is 8.25.